The first-order valence-electron chi connectivity index (χ1n) is 15.6. The maximum atomic E-state index is 12.8. The molecule has 2 heterocycles. The molecule has 0 saturated heterocycles. The smallest absolute Gasteiger partial charge is 0.290 e. The number of ether oxygens (including phenoxy) is 1. The topological polar surface area (TPSA) is 124 Å². The van der Waals surface area contributed by atoms with E-state index in [9.17, 15) is 9.90 Å². The molecule has 2 aromatic carbocycles. The summed E-state index contributed by atoms with van der Waals surface area (Å²) in [4.78, 5) is 24.6. The Labute approximate surface area is 251 Å². The minimum absolute atomic E-state index is 0.0937. The number of para-hydroxylation sites is 1. The minimum Gasteiger partial charge on any atom is -0.490 e. The minimum atomic E-state index is -0.642. The number of carbonyl (C=O) groups is 2. The summed E-state index contributed by atoms with van der Waals surface area (Å²) in [5.74, 6) is 0.813. The first-order valence-corrected chi connectivity index (χ1v) is 15.6. The molecule has 1 aromatic heterocycles. The second-order valence-corrected chi connectivity index (χ2v) is 10.4. The van der Waals surface area contributed by atoms with Gasteiger partial charge in [-0.1, -0.05) is 78.1 Å². The molecule has 3 aromatic rings. The molecule has 2 atom stereocenters. The fraction of sp³-hybridized carbons (Fsp3) is 0.529. The standard InChI is InChI=1S/C29H37N3O3.2C2H6.CH2O2/c1-3-8-20-9-6-10-23-21(16-31-27(20)23)15-19(2)30-17-22(33)18-35-25-12-7-11-24-26(25)29(28(34)32-24)13-4-5-14-29;2*1-2;2-1-3/h6-7,9-12,16,19,22,30-31,33H,3-5,8,13-15,17-18H2,1-2H3,(H,32,34);2*1-2H3;1H,(H,2,3). The Morgan fingerprint density at radius 2 is 1.74 bits per heavy atom. The molecule has 1 saturated carbocycles. The number of fused-ring (bicyclic) bond motifs is 3. The van der Waals surface area contributed by atoms with Gasteiger partial charge in [-0.2, -0.15) is 0 Å². The number of hydrogen-bond donors (Lipinski definition) is 5. The molecule has 5 rings (SSSR count). The second kappa shape index (κ2) is 17.6. The third-order valence-electron chi connectivity index (χ3n) is 7.71. The Hall–Kier alpha value is -3.36. The van der Waals surface area contributed by atoms with Crippen LogP contribution >= 0.6 is 0 Å². The van der Waals surface area contributed by atoms with Gasteiger partial charge in [-0.25, -0.2) is 0 Å². The molecular formula is C34H51N3O5. The van der Waals surface area contributed by atoms with Gasteiger partial charge < -0.3 is 30.6 Å². The van der Waals surface area contributed by atoms with Crippen LogP contribution in [-0.4, -0.2) is 52.9 Å². The van der Waals surface area contributed by atoms with E-state index in [0.717, 1.165) is 61.9 Å². The maximum absolute atomic E-state index is 12.8. The predicted octanol–water partition coefficient (Wildman–Crippen LogP) is 6.60. The summed E-state index contributed by atoms with van der Waals surface area (Å²) in [5.41, 5.74) is 5.29. The van der Waals surface area contributed by atoms with Crippen LogP contribution in [-0.2, 0) is 27.8 Å². The normalized spacial score (nSPS) is 15.6. The van der Waals surface area contributed by atoms with E-state index in [0.29, 0.717) is 6.54 Å². The highest BCUT2D eigenvalue weighted by molar-refractivity contribution is 6.07. The van der Waals surface area contributed by atoms with Crippen molar-refractivity contribution in [3.05, 3.63) is 59.3 Å². The summed E-state index contributed by atoms with van der Waals surface area (Å²) in [6, 6.07) is 12.5. The lowest BCUT2D eigenvalue weighted by Crippen LogP contribution is -2.37. The zero-order valence-corrected chi connectivity index (χ0v) is 26.3. The molecule has 1 aliphatic carbocycles. The van der Waals surface area contributed by atoms with Gasteiger partial charge in [-0.05, 0) is 55.9 Å². The van der Waals surface area contributed by atoms with Crippen molar-refractivity contribution in [3.8, 4) is 5.75 Å². The largest absolute Gasteiger partial charge is 0.490 e. The number of aromatic amines is 1. The molecule has 232 valence electrons. The predicted molar refractivity (Wildman–Crippen MR) is 172 cm³/mol. The van der Waals surface area contributed by atoms with Gasteiger partial charge in [0.05, 0.1) is 5.41 Å². The van der Waals surface area contributed by atoms with Crippen molar-refractivity contribution in [3.63, 3.8) is 0 Å². The molecular weight excluding hydrogens is 530 g/mol. The zero-order chi connectivity index (χ0) is 31.1. The Balaban J connectivity index is 0.000000813. The van der Waals surface area contributed by atoms with E-state index < -0.39 is 11.5 Å². The Morgan fingerprint density at radius 3 is 2.40 bits per heavy atom. The van der Waals surface area contributed by atoms with Gasteiger partial charge in [-0.3, -0.25) is 9.59 Å². The van der Waals surface area contributed by atoms with Crippen LogP contribution in [0.3, 0.4) is 0 Å². The third-order valence-corrected chi connectivity index (χ3v) is 7.71. The van der Waals surface area contributed by atoms with Crippen LogP contribution in [0.1, 0.15) is 90.3 Å². The molecule has 1 amide bonds. The Bertz CT molecular complexity index is 1250. The van der Waals surface area contributed by atoms with Crippen molar-refractivity contribution in [2.45, 2.75) is 104 Å². The van der Waals surface area contributed by atoms with Crippen LogP contribution < -0.4 is 15.4 Å². The summed E-state index contributed by atoms with van der Waals surface area (Å²) >= 11 is 0. The number of carboxylic acid groups (broad SMARTS) is 1. The first-order chi connectivity index (χ1) is 20.4. The number of H-pyrrole nitrogens is 1. The molecule has 1 fully saturated rings. The summed E-state index contributed by atoms with van der Waals surface area (Å²) in [6.07, 6.45) is 8.40. The number of aryl methyl sites for hydroxylation is 1. The van der Waals surface area contributed by atoms with E-state index in [2.05, 4.69) is 53.9 Å². The number of hydrogen-bond acceptors (Lipinski definition) is 5. The van der Waals surface area contributed by atoms with E-state index >= 15 is 0 Å². The van der Waals surface area contributed by atoms with Crippen molar-refractivity contribution < 1.29 is 24.5 Å². The monoisotopic (exact) mass is 581 g/mol. The van der Waals surface area contributed by atoms with Crippen LogP contribution in [0.5, 0.6) is 5.75 Å². The average molecular weight is 582 g/mol. The molecule has 2 aliphatic rings. The quantitative estimate of drug-likeness (QED) is 0.172. The van der Waals surface area contributed by atoms with E-state index in [1.807, 2.05) is 45.9 Å². The highest BCUT2D eigenvalue weighted by Crippen LogP contribution is 2.52. The molecule has 8 nitrogen and oxygen atoms in total. The third kappa shape index (κ3) is 8.13. The lowest BCUT2D eigenvalue weighted by atomic mass is 9.79. The number of nitrogens with one attached hydrogen (secondary N) is 3. The van der Waals surface area contributed by atoms with E-state index in [4.69, 9.17) is 14.6 Å². The van der Waals surface area contributed by atoms with Crippen molar-refractivity contribution in [2.24, 2.45) is 0 Å². The second-order valence-electron chi connectivity index (χ2n) is 10.4. The highest BCUT2D eigenvalue weighted by Gasteiger charge is 2.50. The lowest BCUT2D eigenvalue weighted by molar-refractivity contribution is -0.123. The van der Waals surface area contributed by atoms with Gasteiger partial charge >= 0.3 is 0 Å². The number of benzene rings is 2. The molecule has 42 heavy (non-hydrogen) atoms. The van der Waals surface area contributed by atoms with E-state index in [-0.39, 0.29) is 25.0 Å². The Morgan fingerprint density at radius 1 is 1.07 bits per heavy atom. The number of amides is 1. The van der Waals surface area contributed by atoms with Crippen molar-refractivity contribution in [1.29, 1.82) is 0 Å². The molecule has 1 spiro atoms. The first kappa shape index (κ1) is 34.8. The van der Waals surface area contributed by atoms with Crippen LogP contribution in [0.25, 0.3) is 10.9 Å². The number of aliphatic hydroxyl groups is 1. The Kier molecular flexibility index (Phi) is 14.6. The van der Waals surface area contributed by atoms with Crippen LogP contribution in [0, 0.1) is 0 Å². The molecule has 5 N–H and O–H groups in total. The van der Waals surface area contributed by atoms with Crippen molar-refractivity contribution in [2.75, 3.05) is 18.5 Å². The van der Waals surface area contributed by atoms with Crippen molar-refractivity contribution in [1.82, 2.24) is 10.3 Å². The van der Waals surface area contributed by atoms with Gasteiger partial charge in [0, 0.05) is 40.9 Å². The van der Waals surface area contributed by atoms with Gasteiger partial charge in [0.2, 0.25) is 5.91 Å². The van der Waals surface area contributed by atoms with Gasteiger partial charge in [-0.15, -0.1) is 0 Å². The van der Waals surface area contributed by atoms with Crippen molar-refractivity contribution >= 4 is 29.0 Å². The van der Waals surface area contributed by atoms with Gasteiger partial charge in [0.15, 0.2) is 0 Å². The fourth-order valence-corrected chi connectivity index (χ4v) is 5.97. The summed E-state index contributed by atoms with van der Waals surface area (Å²) < 4.78 is 6.09. The van der Waals surface area contributed by atoms with Crippen LogP contribution in [0.15, 0.2) is 42.6 Å². The number of rotatable bonds is 10. The van der Waals surface area contributed by atoms with E-state index in [1.54, 1.807) is 0 Å². The SMILES string of the molecule is CC.CC.CCCc1cccc2c(CC(C)NCC(O)COc3cccc4c3C3(CCCC3)C(=O)N4)c[nH]c12.O=CO. The number of aliphatic hydroxyl groups excluding tert-OH is 1. The lowest BCUT2D eigenvalue weighted by Gasteiger charge is -2.24. The molecule has 8 heteroatoms. The maximum Gasteiger partial charge on any atom is 0.290 e. The number of carbonyl (C=O) groups excluding carboxylic acids is 1. The average Bonchev–Trinajstić information content (AvgIpc) is 3.73. The van der Waals surface area contributed by atoms with Gasteiger partial charge in [0.1, 0.15) is 18.5 Å². The summed E-state index contributed by atoms with van der Waals surface area (Å²) in [6.45, 7) is 12.7. The molecule has 1 aliphatic heterocycles. The van der Waals surface area contributed by atoms with E-state index in [1.165, 1.54) is 22.0 Å². The van der Waals surface area contributed by atoms with Gasteiger partial charge in [0.25, 0.3) is 6.47 Å². The molecule has 0 radical (unpaired) electrons. The summed E-state index contributed by atoms with van der Waals surface area (Å²) in [7, 11) is 0. The fourth-order valence-electron chi connectivity index (χ4n) is 5.97. The summed E-state index contributed by atoms with van der Waals surface area (Å²) in [5, 5.41) is 25.3. The zero-order valence-electron chi connectivity index (χ0n) is 26.3. The number of aromatic nitrogens is 1. The highest BCUT2D eigenvalue weighted by atomic mass is 16.5. The molecule has 2 unspecified atom stereocenters. The molecule has 0 bridgehead atoms. The van der Waals surface area contributed by atoms with Crippen LogP contribution in [0.4, 0.5) is 5.69 Å². The van der Waals surface area contributed by atoms with Crippen LogP contribution in [0.2, 0.25) is 0 Å². The number of anilines is 1.